The highest BCUT2D eigenvalue weighted by molar-refractivity contribution is 7.80. The lowest BCUT2D eigenvalue weighted by Crippen LogP contribution is -2.38. The average Bonchev–Trinajstić information content (AvgIpc) is 2.36. The highest BCUT2D eigenvalue weighted by atomic mass is 32.1. The fourth-order valence-electron chi connectivity index (χ4n) is 1.72. The van der Waals surface area contributed by atoms with Gasteiger partial charge in [-0.3, -0.25) is 4.90 Å². The van der Waals surface area contributed by atoms with E-state index in [1.165, 1.54) is 6.54 Å². The van der Waals surface area contributed by atoms with E-state index in [4.69, 9.17) is 9.47 Å². The normalized spacial score (nSPS) is 16.5. The number of ether oxygens (including phenoxy) is 2. The Labute approximate surface area is 118 Å². The molecule has 4 nitrogen and oxygen atoms in total. The van der Waals surface area contributed by atoms with Crippen LogP contribution in [0.5, 0.6) is 0 Å². The Balaban J connectivity index is 0.000000331. The van der Waals surface area contributed by atoms with Crippen molar-refractivity contribution >= 4 is 12.6 Å². The van der Waals surface area contributed by atoms with E-state index in [2.05, 4.69) is 36.7 Å². The molecular weight excluding hydrogens is 248 g/mol. The van der Waals surface area contributed by atoms with Crippen molar-refractivity contribution < 1.29 is 9.47 Å². The molecule has 1 N–H and O–H groups in total. The Hall–Kier alpha value is 0.190. The number of rotatable bonds is 7. The highest BCUT2D eigenvalue weighted by Gasteiger charge is 2.10. The van der Waals surface area contributed by atoms with Crippen molar-refractivity contribution in [1.82, 2.24) is 10.2 Å². The topological polar surface area (TPSA) is 33.7 Å². The predicted molar refractivity (Wildman–Crippen MR) is 80.4 cm³/mol. The van der Waals surface area contributed by atoms with Crippen LogP contribution in [0.1, 0.15) is 20.3 Å². The predicted octanol–water partition coefficient (Wildman–Crippen LogP) is 1.47. The first-order chi connectivity index (χ1) is 8.70. The van der Waals surface area contributed by atoms with Gasteiger partial charge in [-0.1, -0.05) is 13.8 Å². The lowest BCUT2D eigenvalue weighted by Gasteiger charge is -2.27. The van der Waals surface area contributed by atoms with Crippen LogP contribution in [0.4, 0.5) is 0 Å². The molecule has 18 heavy (non-hydrogen) atoms. The SMILES string of the molecule is CC(C)CN1CCOCC1.COCCCNCS. The third-order valence-electron chi connectivity index (χ3n) is 2.54. The number of thiol groups is 1. The summed E-state index contributed by atoms with van der Waals surface area (Å²) in [5.74, 6) is 1.54. The Bertz CT molecular complexity index is 159. The summed E-state index contributed by atoms with van der Waals surface area (Å²) < 4.78 is 10.1. The van der Waals surface area contributed by atoms with E-state index in [1.807, 2.05) is 0 Å². The minimum absolute atomic E-state index is 0.754. The first-order valence-electron chi connectivity index (χ1n) is 6.81. The first kappa shape index (κ1) is 18.2. The van der Waals surface area contributed by atoms with Gasteiger partial charge in [0, 0.05) is 39.2 Å². The van der Waals surface area contributed by atoms with Crippen LogP contribution in [0.2, 0.25) is 0 Å². The van der Waals surface area contributed by atoms with Crippen LogP contribution in [0.15, 0.2) is 0 Å². The van der Waals surface area contributed by atoms with Crippen LogP contribution in [0.25, 0.3) is 0 Å². The van der Waals surface area contributed by atoms with E-state index in [0.717, 1.165) is 57.7 Å². The Morgan fingerprint density at radius 1 is 1.33 bits per heavy atom. The largest absolute Gasteiger partial charge is 0.385 e. The van der Waals surface area contributed by atoms with E-state index < -0.39 is 0 Å². The smallest absolute Gasteiger partial charge is 0.0594 e. The Kier molecular flexibility index (Phi) is 13.8. The second-order valence-electron chi connectivity index (χ2n) is 4.81. The Morgan fingerprint density at radius 2 is 2.00 bits per heavy atom. The van der Waals surface area contributed by atoms with Gasteiger partial charge in [-0.15, -0.1) is 0 Å². The maximum atomic E-state index is 5.24. The van der Waals surface area contributed by atoms with E-state index in [1.54, 1.807) is 7.11 Å². The minimum Gasteiger partial charge on any atom is -0.385 e. The summed E-state index contributed by atoms with van der Waals surface area (Å²) in [6.45, 7) is 11.7. The number of nitrogens with zero attached hydrogens (tertiary/aromatic N) is 1. The van der Waals surface area contributed by atoms with Crippen LogP contribution in [-0.2, 0) is 9.47 Å². The number of nitrogens with one attached hydrogen (secondary N) is 1. The first-order valence-corrected chi connectivity index (χ1v) is 7.44. The van der Waals surface area contributed by atoms with Crippen molar-refractivity contribution in [3.05, 3.63) is 0 Å². The molecule has 0 spiro atoms. The molecule has 0 saturated carbocycles. The van der Waals surface area contributed by atoms with Gasteiger partial charge in [-0.05, 0) is 18.9 Å². The van der Waals surface area contributed by atoms with Crippen molar-refractivity contribution in [3.8, 4) is 0 Å². The van der Waals surface area contributed by atoms with Gasteiger partial charge in [0.1, 0.15) is 0 Å². The molecule has 1 aliphatic rings. The molecule has 1 aliphatic heterocycles. The zero-order valence-electron chi connectivity index (χ0n) is 12.2. The molecule has 0 atom stereocenters. The van der Waals surface area contributed by atoms with Crippen molar-refractivity contribution in [2.24, 2.45) is 5.92 Å². The van der Waals surface area contributed by atoms with Crippen molar-refractivity contribution in [1.29, 1.82) is 0 Å². The van der Waals surface area contributed by atoms with E-state index in [0.29, 0.717) is 0 Å². The lowest BCUT2D eigenvalue weighted by atomic mass is 10.2. The maximum Gasteiger partial charge on any atom is 0.0594 e. The number of hydrogen-bond donors (Lipinski definition) is 2. The van der Waals surface area contributed by atoms with Gasteiger partial charge >= 0.3 is 0 Å². The highest BCUT2D eigenvalue weighted by Crippen LogP contribution is 2.01. The Morgan fingerprint density at radius 3 is 2.50 bits per heavy atom. The fourth-order valence-corrected chi connectivity index (χ4v) is 1.88. The fraction of sp³-hybridized carbons (Fsp3) is 1.00. The minimum atomic E-state index is 0.754. The quantitative estimate of drug-likeness (QED) is 0.420. The molecule has 0 aromatic carbocycles. The van der Waals surface area contributed by atoms with E-state index in [-0.39, 0.29) is 0 Å². The van der Waals surface area contributed by atoms with Crippen LogP contribution in [-0.4, -0.2) is 63.9 Å². The third-order valence-corrected chi connectivity index (χ3v) is 2.76. The molecule has 0 aromatic rings. The van der Waals surface area contributed by atoms with Gasteiger partial charge < -0.3 is 14.8 Å². The van der Waals surface area contributed by atoms with Gasteiger partial charge in [-0.2, -0.15) is 12.6 Å². The summed E-state index contributed by atoms with van der Waals surface area (Å²) >= 11 is 3.97. The zero-order chi connectivity index (χ0) is 13.6. The molecule has 1 rings (SSSR count). The molecule has 5 heteroatoms. The third kappa shape index (κ3) is 12.6. The summed E-state index contributed by atoms with van der Waals surface area (Å²) in [7, 11) is 1.71. The van der Waals surface area contributed by atoms with Crippen LogP contribution < -0.4 is 5.32 Å². The maximum absolute atomic E-state index is 5.24. The summed E-state index contributed by atoms with van der Waals surface area (Å²) in [6, 6.07) is 0. The standard InChI is InChI=1S/C8H17NO.C5H13NOS/c1-8(2)7-9-3-5-10-6-4-9;1-7-4-2-3-6-5-8/h8H,3-7H2,1-2H3;6,8H,2-5H2,1H3. The molecule has 1 fully saturated rings. The van der Waals surface area contributed by atoms with Crippen LogP contribution >= 0.6 is 12.6 Å². The molecule has 1 saturated heterocycles. The molecule has 0 unspecified atom stereocenters. The van der Waals surface area contributed by atoms with E-state index >= 15 is 0 Å². The van der Waals surface area contributed by atoms with Crippen molar-refractivity contribution in [2.45, 2.75) is 20.3 Å². The molecule has 0 amide bonds. The van der Waals surface area contributed by atoms with Gasteiger partial charge in [0.2, 0.25) is 0 Å². The number of morpholine rings is 1. The van der Waals surface area contributed by atoms with Crippen LogP contribution in [0, 0.1) is 5.92 Å². The summed E-state index contributed by atoms with van der Waals surface area (Å²) in [5.41, 5.74) is 0. The zero-order valence-corrected chi connectivity index (χ0v) is 13.0. The molecular formula is C13H30N2O2S. The molecule has 1 heterocycles. The van der Waals surface area contributed by atoms with Crippen LogP contribution in [0.3, 0.4) is 0 Å². The second kappa shape index (κ2) is 13.6. The van der Waals surface area contributed by atoms with E-state index in [9.17, 15) is 0 Å². The molecule has 0 radical (unpaired) electrons. The number of methoxy groups -OCH3 is 1. The van der Waals surface area contributed by atoms with Crippen molar-refractivity contribution in [3.63, 3.8) is 0 Å². The van der Waals surface area contributed by atoms with Gasteiger partial charge in [0.05, 0.1) is 13.2 Å². The monoisotopic (exact) mass is 278 g/mol. The summed E-state index contributed by atoms with van der Waals surface area (Å²) in [5, 5.41) is 3.07. The molecule has 110 valence electrons. The van der Waals surface area contributed by atoms with Gasteiger partial charge in [0.15, 0.2) is 0 Å². The summed E-state index contributed by atoms with van der Waals surface area (Å²) in [4.78, 5) is 2.47. The number of hydrogen-bond acceptors (Lipinski definition) is 5. The van der Waals surface area contributed by atoms with Crippen molar-refractivity contribution in [2.75, 3.05) is 59.0 Å². The summed E-state index contributed by atoms with van der Waals surface area (Å²) in [6.07, 6.45) is 1.07. The molecule has 0 bridgehead atoms. The molecule has 0 aromatic heterocycles. The second-order valence-corrected chi connectivity index (χ2v) is 5.13. The average molecular weight is 278 g/mol. The van der Waals surface area contributed by atoms with Gasteiger partial charge in [0.25, 0.3) is 0 Å². The molecule has 0 aliphatic carbocycles. The lowest BCUT2D eigenvalue weighted by molar-refractivity contribution is 0.0329. The van der Waals surface area contributed by atoms with Gasteiger partial charge in [-0.25, -0.2) is 0 Å².